The molecule has 0 aromatic carbocycles. The highest BCUT2D eigenvalue weighted by atomic mass is 19.3. The molecule has 0 bridgehead atoms. The van der Waals surface area contributed by atoms with E-state index in [0.717, 1.165) is 12.8 Å². The second kappa shape index (κ2) is 4.63. The third-order valence-corrected chi connectivity index (χ3v) is 2.83. The highest BCUT2D eigenvalue weighted by Crippen LogP contribution is 2.24. The molecular weight excluding hydrogens is 216 g/mol. The lowest BCUT2D eigenvalue weighted by Gasteiger charge is -2.34. The highest BCUT2D eigenvalue weighted by molar-refractivity contribution is 5.91. The Morgan fingerprint density at radius 2 is 2.31 bits per heavy atom. The molecule has 1 fully saturated rings. The molecule has 1 saturated heterocycles. The number of rotatable bonds is 2. The summed E-state index contributed by atoms with van der Waals surface area (Å²) in [6, 6.07) is 2.11. The Kier molecular flexibility index (Phi) is 3.22. The minimum Gasteiger partial charge on any atom is -0.459 e. The van der Waals surface area contributed by atoms with Gasteiger partial charge in [-0.3, -0.25) is 4.79 Å². The monoisotopic (exact) mass is 229 g/mol. The van der Waals surface area contributed by atoms with E-state index >= 15 is 0 Å². The maximum absolute atomic E-state index is 12.7. The highest BCUT2D eigenvalue weighted by Gasteiger charge is 2.34. The summed E-state index contributed by atoms with van der Waals surface area (Å²) in [6.45, 7) is 0.383. The van der Waals surface area contributed by atoms with Gasteiger partial charge in [-0.1, -0.05) is 0 Å². The van der Waals surface area contributed by atoms with Gasteiger partial charge in [0.15, 0.2) is 5.76 Å². The molecule has 3 nitrogen and oxygen atoms in total. The molecule has 1 aliphatic heterocycles. The summed E-state index contributed by atoms with van der Waals surface area (Å²) in [5.41, 5.74) is 0. The third kappa shape index (κ3) is 2.08. The molecule has 0 saturated carbocycles. The zero-order valence-electron chi connectivity index (χ0n) is 8.73. The van der Waals surface area contributed by atoms with Crippen molar-refractivity contribution in [2.75, 3.05) is 6.54 Å². The van der Waals surface area contributed by atoms with Crippen molar-refractivity contribution in [2.45, 2.75) is 31.7 Å². The van der Waals surface area contributed by atoms with Gasteiger partial charge in [0.2, 0.25) is 0 Å². The molecule has 1 amide bonds. The minimum absolute atomic E-state index is 0.132. The number of carbonyl (C=O) groups is 1. The number of furan rings is 1. The van der Waals surface area contributed by atoms with Crippen molar-refractivity contribution in [1.29, 1.82) is 0 Å². The first-order valence-electron chi connectivity index (χ1n) is 5.33. The molecule has 1 aliphatic rings. The Hall–Kier alpha value is -1.39. The number of carbonyl (C=O) groups excluding carboxylic acids is 1. The molecule has 0 radical (unpaired) electrons. The van der Waals surface area contributed by atoms with Gasteiger partial charge in [-0.05, 0) is 31.4 Å². The molecular formula is C11H13F2NO2. The summed E-state index contributed by atoms with van der Waals surface area (Å²) in [6.07, 6.45) is 0.768. The maximum atomic E-state index is 12.7. The zero-order chi connectivity index (χ0) is 11.5. The summed E-state index contributed by atoms with van der Waals surface area (Å²) in [7, 11) is 0. The van der Waals surface area contributed by atoms with Crippen LogP contribution in [0.1, 0.15) is 29.8 Å². The van der Waals surface area contributed by atoms with Crippen LogP contribution in [0.3, 0.4) is 0 Å². The van der Waals surface area contributed by atoms with E-state index < -0.39 is 18.4 Å². The number of likely N-dealkylation sites (tertiary alicyclic amines) is 1. The molecule has 5 heteroatoms. The molecule has 2 heterocycles. The average Bonchev–Trinajstić information content (AvgIpc) is 2.81. The summed E-state index contributed by atoms with van der Waals surface area (Å²) >= 11 is 0. The maximum Gasteiger partial charge on any atom is 0.289 e. The van der Waals surface area contributed by atoms with Gasteiger partial charge in [0.05, 0.1) is 12.3 Å². The van der Waals surface area contributed by atoms with Gasteiger partial charge in [-0.15, -0.1) is 0 Å². The fourth-order valence-electron chi connectivity index (χ4n) is 2.01. The van der Waals surface area contributed by atoms with Crippen LogP contribution in [0.2, 0.25) is 0 Å². The summed E-state index contributed by atoms with van der Waals surface area (Å²) in [5, 5.41) is 0. The molecule has 0 spiro atoms. The van der Waals surface area contributed by atoms with Crippen LogP contribution >= 0.6 is 0 Å². The van der Waals surface area contributed by atoms with E-state index in [0.29, 0.717) is 13.0 Å². The zero-order valence-corrected chi connectivity index (χ0v) is 8.73. The van der Waals surface area contributed by atoms with Crippen molar-refractivity contribution in [1.82, 2.24) is 4.90 Å². The molecule has 88 valence electrons. The van der Waals surface area contributed by atoms with Crippen LogP contribution in [-0.4, -0.2) is 29.8 Å². The Morgan fingerprint density at radius 3 is 2.94 bits per heavy atom. The number of alkyl halides is 2. The molecule has 1 aromatic rings. The lowest BCUT2D eigenvalue weighted by molar-refractivity contribution is 0.00515. The van der Waals surface area contributed by atoms with E-state index in [-0.39, 0.29) is 5.76 Å². The summed E-state index contributed by atoms with van der Waals surface area (Å²) in [5.74, 6) is -0.303. The number of halogens is 2. The van der Waals surface area contributed by atoms with Gasteiger partial charge in [0, 0.05) is 6.54 Å². The van der Waals surface area contributed by atoms with Crippen LogP contribution in [0.15, 0.2) is 22.8 Å². The molecule has 16 heavy (non-hydrogen) atoms. The Labute approximate surface area is 92.0 Å². The van der Waals surface area contributed by atoms with Crippen LogP contribution in [0.5, 0.6) is 0 Å². The van der Waals surface area contributed by atoms with Crippen LogP contribution in [0.4, 0.5) is 8.78 Å². The fourth-order valence-corrected chi connectivity index (χ4v) is 2.01. The topological polar surface area (TPSA) is 33.5 Å². The molecule has 0 aliphatic carbocycles. The first-order chi connectivity index (χ1) is 7.70. The fraction of sp³-hybridized carbons (Fsp3) is 0.545. The van der Waals surface area contributed by atoms with Crippen molar-refractivity contribution in [2.24, 2.45) is 0 Å². The lowest BCUT2D eigenvalue weighted by atomic mass is 10.0. The number of hydrogen-bond donors (Lipinski definition) is 0. The normalized spacial score (nSPS) is 21.4. The van der Waals surface area contributed by atoms with Gasteiger partial charge in [0.25, 0.3) is 12.3 Å². The van der Waals surface area contributed by atoms with Crippen molar-refractivity contribution in [3.63, 3.8) is 0 Å². The van der Waals surface area contributed by atoms with Crippen LogP contribution < -0.4 is 0 Å². The van der Waals surface area contributed by atoms with Crippen molar-refractivity contribution in [3.05, 3.63) is 24.2 Å². The summed E-state index contributed by atoms with van der Waals surface area (Å²) in [4.78, 5) is 13.1. The first kappa shape index (κ1) is 11.1. The van der Waals surface area contributed by atoms with Gasteiger partial charge < -0.3 is 9.32 Å². The SMILES string of the molecule is O=C(c1ccco1)N1CCCCC1C(F)F. The number of piperidine rings is 1. The van der Waals surface area contributed by atoms with Gasteiger partial charge in [-0.25, -0.2) is 8.78 Å². The Morgan fingerprint density at radius 1 is 1.50 bits per heavy atom. The molecule has 1 atom stereocenters. The summed E-state index contributed by atoms with van der Waals surface area (Å²) < 4.78 is 30.4. The van der Waals surface area contributed by atoms with E-state index in [1.807, 2.05) is 0 Å². The van der Waals surface area contributed by atoms with Gasteiger partial charge in [0.1, 0.15) is 0 Å². The lowest BCUT2D eigenvalue weighted by Crippen LogP contribution is -2.47. The van der Waals surface area contributed by atoms with E-state index in [9.17, 15) is 13.6 Å². The Balaban J connectivity index is 2.14. The standard InChI is InChI=1S/C11H13F2NO2/c12-10(13)8-4-1-2-6-14(8)11(15)9-5-3-7-16-9/h3,5,7-8,10H,1-2,4,6H2. The number of nitrogens with zero attached hydrogens (tertiary/aromatic N) is 1. The molecule has 1 unspecified atom stereocenters. The van der Waals surface area contributed by atoms with E-state index in [2.05, 4.69) is 0 Å². The second-order valence-electron chi connectivity index (χ2n) is 3.87. The smallest absolute Gasteiger partial charge is 0.289 e. The predicted octanol–water partition coefficient (Wildman–Crippen LogP) is 2.54. The average molecular weight is 229 g/mol. The number of hydrogen-bond acceptors (Lipinski definition) is 2. The second-order valence-corrected chi connectivity index (χ2v) is 3.87. The van der Waals surface area contributed by atoms with E-state index in [1.165, 1.54) is 17.2 Å². The quantitative estimate of drug-likeness (QED) is 0.780. The van der Waals surface area contributed by atoms with Crippen molar-refractivity contribution < 1.29 is 18.0 Å². The van der Waals surface area contributed by atoms with Crippen molar-refractivity contribution >= 4 is 5.91 Å². The molecule has 1 aromatic heterocycles. The van der Waals surface area contributed by atoms with E-state index in [1.54, 1.807) is 6.07 Å². The van der Waals surface area contributed by atoms with Crippen molar-refractivity contribution in [3.8, 4) is 0 Å². The minimum atomic E-state index is -2.49. The molecule has 2 rings (SSSR count). The van der Waals surface area contributed by atoms with Crippen LogP contribution in [0, 0.1) is 0 Å². The largest absolute Gasteiger partial charge is 0.459 e. The van der Waals surface area contributed by atoms with Crippen LogP contribution in [-0.2, 0) is 0 Å². The first-order valence-corrected chi connectivity index (χ1v) is 5.33. The van der Waals surface area contributed by atoms with E-state index in [4.69, 9.17) is 4.42 Å². The molecule has 0 N–H and O–H groups in total. The predicted molar refractivity (Wildman–Crippen MR) is 53.4 cm³/mol. The van der Waals surface area contributed by atoms with Gasteiger partial charge in [-0.2, -0.15) is 0 Å². The number of amides is 1. The Bertz CT molecular complexity index is 351. The third-order valence-electron chi connectivity index (χ3n) is 2.83. The van der Waals surface area contributed by atoms with Crippen LogP contribution in [0.25, 0.3) is 0 Å². The van der Waals surface area contributed by atoms with Gasteiger partial charge >= 0.3 is 0 Å².